The van der Waals surface area contributed by atoms with Gasteiger partial charge in [-0.15, -0.1) is 0 Å². The molecule has 9 nitrogen and oxygen atoms in total. The monoisotopic (exact) mass is 471 g/mol. The number of halogens is 1. The quantitative estimate of drug-likeness (QED) is 0.475. The first-order valence-electron chi connectivity index (χ1n) is 10.6. The van der Waals surface area contributed by atoms with Gasteiger partial charge in [-0.1, -0.05) is 12.1 Å². The van der Waals surface area contributed by atoms with E-state index in [4.69, 9.17) is 0 Å². The van der Waals surface area contributed by atoms with Crippen molar-refractivity contribution in [3.05, 3.63) is 94.8 Å². The third-order valence-electron chi connectivity index (χ3n) is 5.53. The highest BCUT2D eigenvalue weighted by Gasteiger charge is 2.27. The second kappa shape index (κ2) is 8.82. The number of para-hydroxylation sites is 2. The van der Waals surface area contributed by atoms with Gasteiger partial charge in [-0.2, -0.15) is 0 Å². The normalized spacial score (nSPS) is 12.7. The van der Waals surface area contributed by atoms with Crippen LogP contribution < -0.4 is 21.1 Å². The Hall–Kier alpha value is -4.86. The number of nitrogens with one attached hydrogen (secondary N) is 2. The maximum Gasteiger partial charge on any atom is 0.261 e. The fourth-order valence-corrected chi connectivity index (χ4v) is 3.87. The second-order valence-electron chi connectivity index (χ2n) is 7.92. The van der Waals surface area contributed by atoms with E-state index in [1.165, 1.54) is 23.4 Å². The topological polar surface area (TPSA) is 113 Å². The molecule has 1 aliphatic rings. The van der Waals surface area contributed by atoms with Gasteiger partial charge >= 0.3 is 0 Å². The van der Waals surface area contributed by atoms with Crippen molar-refractivity contribution in [2.24, 2.45) is 0 Å². The third-order valence-corrected chi connectivity index (χ3v) is 5.53. The van der Waals surface area contributed by atoms with Crippen LogP contribution in [0.4, 0.5) is 21.5 Å². The molecule has 0 bridgehead atoms. The molecule has 35 heavy (non-hydrogen) atoms. The summed E-state index contributed by atoms with van der Waals surface area (Å²) < 4.78 is 14.6. The molecule has 1 aliphatic heterocycles. The average molecular weight is 471 g/mol. The maximum absolute atomic E-state index is 13.5. The summed E-state index contributed by atoms with van der Waals surface area (Å²) in [5.74, 6) is -1.71. The first kappa shape index (κ1) is 22.0. The zero-order chi connectivity index (χ0) is 24.5. The minimum atomic E-state index is -0.568. The molecule has 3 amide bonds. The van der Waals surface area contributed by atoms with Crippen LogP contribution in [0.15, 0.2) is 77.9 Å². The smallest absolute Gasteiger partial charge is 0.261 e. The van der Waals surface area contributed by atoms with Gasteiger partial charge in [0.05, 0.1) is 28.6 Å². The summed E-state index contributed by atoms with van der Waals surface area (Å²) in [5.41, 5.74) is 1.71. The molecule has 2 N–H and O–H groups in total. The van der Waals surface area contributed by atoms with Crippen LogP contribution in [-0.2, 0) is 16.1 Å². The molecule has 1 aromatic heterocycles. The summed E-state index contributed by atoms with van der Waals surface area (Å²) in [7, 11) is 0. The summed E-state index contributed by atoms with van der Waals surface area (Å²) in [6.07, 6.45) is 1.23. The molecular weight excluding hydrogens is 453 g/mol. The van der Waals surface area contributed by atoms with Crippen molar-refractivity contribution in [1.82, 2.24) is 9.55 Å². The van der Waals surface area contributed by atoms with Crippen molar-refractivity contribution in [3.63, 3.8) is 0 Å². The minimum absolute atomic E-state index is 0.0798. The molecule has 4 aromatic rings. The Labute approximate surface area is 197 Å². The van der Waals surface area contributed by atoms with Crippen molar-refractivity contribution in [2.45, 2.75) is 6.54 Å². The largest absolute Gasteiger partial charge is 0.325 e. The highest BCUT2D eigenvalue weighted by Crippen LogP contribution is 2.30. The Kier molecular flexibility index (Phi) is 5.54. The molecule has 3 aromatic carbocycles. The summed E-state index contributed by atoms with van der Waals surface area (Å²) in [6.45, 7) is -0.425. The van der Waals surface area contributed by atoms with Crippen LogP contribution in [0, 0.1) is 5.82 Å². The van der Waals surface area contributed by atoms with E-state index in [1.54, 1.807) is 48.5 Å². The zero-order valence-electron chi connectivity index (χ0n) is 18.2. The lowest BCUT2D eigenvalue weighted by Gasteiger charge is -2.29. The number of rotatable bonds is 4. The fourth-order valence-electron chi connectivity index (χ4n) is 3.87. The number of carbonyl (C=O) groups is 3. The van der Waals surface area contributed by atoms with Gasteiger partial charge in [-0.25, -0.2) is 9.37 Å². The van der Waals surface area contributed by atoms with Gasteiger partial charge in [0, 0.05) is 11.3 Å². The van der Waals surface area contributed by atoms with Gasteiger partial charge in [-0.3, -0.25) is 28.6 Å². The lowest BCUT2D eigenvalue weighted by molar-refractivity contribution is -0.117. The van der Waals surface area contributed by atoms with Crippen LogP contribution >= 0.6 is 0 Å². The molecule has 0 radical (unpaired) electrons. The standard InChI is InChI=1S/C25H18FN5O4/c26-16-7-10-19-18(11-16)25(35)30(14-27-19)12-22(32)28-17-8-5-15(6-9-17)24(34)31-13-23(33)29-20-3-1-2-4-21(20)31/h1-11,14H,12-13H2,(H,28,32)(H,29,33). The molecule has 0 aliphatic carbocycles. The lowest BCUT2D eigenvalue weighted by atomic mass is 10.1. The van der Waals surface area contributed by atoms with Gasteiger partial charge in [0.15, 0.2) is 0 Å². The van der Waals surface area contributed by atoms with Crippen molar-refractivity contribution in [2.75, 3.05) is 22.1 Å². The van der Waals surface area contributed by atoms with E-state index in [9.17, 15) is 23.6 Å². The van der Waals surface area contributed by atoms with Gasteiger partial charge in [0.1, 0.15) is 18.9 Å². The van der Waals surface area contributed by atoms with E-state index in [1.807, 2.05) is 0 Å². The first-order chi connectivity index (χ1) is 16.9. The van der Waals surface area contributed by atoms with Gasteiger partial charge in [-0.05, 0) is 54.6 Å². The number of amides is 3. The van der Waals surface area contributed by atoms with Gasteiger partial charge < -0.3 is 10.6 Å². The number of nitrogens with zero attached hydrogens (tertiary/aromatic N) is 3. The molecule has 0 saturated carbocycles. The molecule has 0 fully saturated rings. The Morgan fingerprint density at radius 3 is 2.60 bits per heavy atom. The third kappa shape index (κ3) is 4.36. The molecule has 0 atom stereocenters. The van der Waals surface area contributed by atoms with Crippen molar-refractivity contribution >= 4 is 45.7 Å². The number of benzene rings is 3. The molecular formula is C25H18FN5O4. The van der Waals surface area contributed by atoms with Crippen molar-refractivity contribution in [3.8, 4) is 0 Å². The van der Waals surface area contributed by atoms with Crippen LogP contribution in [0.3, 0.4) is 0 Å². The van der Waals surface area contributed by atoms with Crippen LogP contribution in [-0.4, -0.2) is 33.8 Å². The molecule has 0 unspecified atom stereocenters. The SMILES string of the molecule is O=C(Cn1cnc2ccc(F)cc2c1=O)Nc1ccc(C(=O)N2CC(=O)Nc3ccccc32)cc1. The number of aromatic nitrogens is 2. The van der Waals surface area contributed by atoms with Gasteiger partial charge in [0.2, 0.25) is 11.8 Å². The summed E-state index contributed by atoms with van der Waals surface area (Å²) in [6, 6.07) is 16.9. The number of hydrogen-bond donors (Lipinski definition) is 2. The first-order valence-corrected chi connectivity index (χ1v) is 10.6. The Balaban J connectivity index is 1.29. The van der Waals surface area contributed by atoms with Crippen LogP contribution in [0.1, 0.15) is 10.4 Å². The zero-order valence-corrected chi connectivity index (χ0v) is 18.2. The highest BCUT2D eigenvalue weighted by molar-refractivity contribution is 6.15. The molecule has 0 spiro atoms. The van der Waals surface area contributed by atoms with E-state index >= 15 is 0 Å². The van der Waals surface area contributed by atoms with E-state index in [2.05, 4.69) is 15.6 Å². The second-order valence-corrected chi connectivity index (χ2v) is 7.92. The van der Waals surface area contributed by atoms with Crippen molar-refractivity contribution < 1.29 is 18.8 Å². The predicted octanol–water partition coefficient (Wildman–Crippen LogP) is 2.77. The number of hydrogen-bond acceptors (Lipinski definition) is 5. The number of carbonyl (C=O) groups excluding carboxylic acids is 3. The fraction of sp³-hybridized carbons (Fsp3) is 0.0800. The average Bonchev–Trinajstić information content (AvgIpc) is 2.85. The van der Waals surface area contributed by atoms with E-state index < -0.39 is 17.3 Å². The van der Waals surface area contributed by atoms with E-state index in [0.717, 1.165) is 10.6 Å². The van der Waals surface area contributed by atoms with E-state index in [0.29, 0.717) is 28.1 Å². The number of anilines is 3. The molecule has 10 heteroatoms. The predicted molar refractivity (Wildman–Crippen MR) is 128 cm³/mol. The summed E-state index contributed by atoms with van der Waals surface area (Å²) in [4.78, 5) is 55.6. The Morgan fingerprint density at radius 1 is 1.03 bits per heavy atom. The van der Waals surface area contributed by atoms with E-state index in [-0.39, 0.29) is 30.3 Å². The van der Waals surface area contributed by atoms with Gasteiger partial charge in [0.25, 0.3) is 11.5 Å². The maximum atomic E-state index is 13.5. The van der Waals surface area contributed by atoms with Crippen LogP contribution in [0.25, 0.3) is 10.9 Å². The Morgan fingerprint density at radius 2 is 1.80 bits per heavy atom. The van der Waals surface area contributed by atoms with Crippen LogP contribution in [0.2, 0.25) is 0 Å². The molecule has 5 rings (SSSR count). The van der Waals surface area contributed by atoms with Crippen LogP contribution in [0.5, 0.6) is 0 Å². The Bertz CT molecular complexity index is 1550. The summed E-state index contributed by atoms with van der Waals surface area (Å²) in [5, 5.41) is 5.47. The van der Waals surface area contributed by atoms with Crippen molar-refractivity contribution in [1.29, 1.82) is 0 Å². The summed E-state index contributed by atoms with van der Waals surface area (Å²) >= 11 is 0. The highest BCUT2D eigenvalue weighted by atomic mass is 19.1. The molecule has 174 valence electrons. The molecule has 0 saturated heterocycles. The lowest BCUT2D eigenvalue weighted by Crippen LogP contribution is -2.42. The molecule has 2 heterocycles. The number of fused-ring (bicyclic) bond motifs is 2. The minimum Gasteiger partial charge on any atom is -0.325 e.